The molecule has 23 heavy (non-hydrogen) atoms. The second kappa shape index (κ2) is 7.83. The third kappa shape index (κ3) is 4.86. The number of hydrogen-bond acceptors (Lipinski definition) is 2. The smallest absolute Gasteiger partial charge is 0.238 e. The molecule has 0 aliphatic rings. The summed E-state index contributed by atoms with van der Waals surface area (Å²) in [5.74, 6) is -1.46. The van der Waals surface area contributed by atoms with Gasteiger partial charge >= 0.3 is 0 Å². The van der Waals surface area contributed by atoms with Gasteiger partial charge in [-0.05, 0) is 37.1 Å². The van der Waals surface area contributed by atoms with E-state index in [9.17, 15) is 13.6 Å². The molecular weight excluding hydrogens is 298 g/mol. The molecule has 0 spiro atoms. The molecule has 0 radical (unpaired) electrons. The van der Waals surface area contributed by atoms with E-state index < -0.39 is 17.7 Å². The summed E-state index contributed by atoms with van der Waals surface area (Å²) in [5.41, 5.74) is 2.24. The van der Waals surface area contributed by atoms with Crippen LogP contribution in [0.2, 0.25) is 0 Å². The van der Waals surface area contributed by atoms with Gasteiger partial charge in [0.1, 0.15) is 11.6 Å². The van der Waals surface area contributed by atoms with Crippen molar-refractivity contribution < 1.29 is 13.6 Å². The Kier molecular flexibility index (Phi) is 5.82. The predicted octanol–water partition coefficient (Wildman–Crippen LogP) is 3.82. The van der Waals surface area contributed by atoms with Crippen molar-refractivity contribution in [1.82, 2.24) is 5.32 Å². The van der Waals surface area contributed by atoms with Gasteiger partial charge in [0.05, 0.1) is 6.54 Å². The Hall–Kier alpha value is -2.27. The van der Waals surface area contributed by atoms with Crippen LogP contribution >= 0.6 is 0 Å². The van der Waals surface area contributed by atoms with E-state index in [2.05, 4.69) is 17.6 Å². The Morgan fingerprint density at radius 1 is 1.13 bits per heavy atom. The Morgan fingerprint density at radius 3 is 2.43 bits per heavy atom. The zero-order valence-corrected chi connectivity index (χ0v) is 13.2. The van der Waals surface area contributed by atoms with Gasteiger partial charge in [-0.15, -0.1) is 0 Å². The fraction of sp³-hybridized carbons (Fsp3) is 0.278. The van der Waals surface area contributed by atoms with Gasteiger partial charge in [-0.25, -0.2) is 8.78 Å². The molecule has 2 aromatic carbocycles. The number of hydrogen-bond donors (Lipinski definition) is 2. The lowest BCUT2D eigenvalue weighted by atomic mass is 10.1. The molecule has 0 bridgehead atoms. The summed E-state index contributed by atoms with van der Waals surface area (Å²) < 4.78 is 26.6. The van der Waals surface area contributed by atoms with Crippen molar-refractivity contribution in [2.24, 2.45) is 0 Å². The van der Waals surface area contributed by atoms with Crippen LogP contribution in [-0.2, 0) is 11.2 Å². The van der Waals surface area contributed by atoms with Gasteiger partial charge < -0.3 is 10.6 Å². The highest BCUT2D eigenvalue weighted by Gasteiger charge is 2.12. The average molecular weight is 318 g/mol. The van der Waals surface area contributed by atoms with Crippen molar-refractivity contribution in [2.45, 2.75) is 26.3 Å². The number of anilines is 1. The first-order valence-electron chi connectivity index (χ1n) is 7.56. The third-order valence-corrected chi connectivity index (χ3v) is 3.64. The Labute approximate surface area is 134 Å². The SMILES string of the molecule is CCc1ccc(NC(=O)CN[C@@H](C)c2ccc(F)cc2F)cc1. The van der Waals surface area contributed by atoms with Gasteiger partial charge in [-0.2, -0.15) is 0 Å². The molecule has 0 saturated carbocycles. The molecule has 5 heteroatoms. The average Bonchev–Trinajstić information content (AvgIpc) is 2.53. The highest BCUT2D eigenvalue weighted by molar-refractivity contribution is 5.92. The van der Waals surface area contributed by atoms with Gasteiger partial charge in [-0.3, -0.25) is 4.79 Å². The first kappa shape index (κ1) is 17.1. The number of nitrogens with one attached hydrogen (secondary N) is 2. The Bertz CT molecular complexity index is 671. The second-order valence-electron chi connectivity index (χ2n) is 5.37. The summed E-state index contributed by atoms with van der Waals surface area (Å²) in [4.78, 5) is 11.9. The molecule has 122 valence electrons. The summed E-state index contributed by atoms with van der Waals surface area (Å²) in [6.45, 7) is 3.82. The van der Waals surface area contributed by atoms with E-state index in [0.717, 1.165) is 18.2 Å². The first-order chi connectivity index (χ1) is 11.0. The number of amides is 1. The maximum atomic E-state index is 13.7. The fourth-order valence-corrected chi connectivity index (χ4v) is 2.24. The molecule has 3 nitrogen and oxygen atoms in total. The van der Waals surface area contributed by atoms with E-state index in [1.165, 1.54) is 17.7 Å². The lowest BCUT2D eigenvalue weighted by Gasteiger charge is -2.15. The lowest BCUT2D eigenvalue weighted by Crippen LogP contribution is -2.30. The van der Waals surface area contributed by atoms with Crippen LogP contribution in [0.25, 0.3) is 0 Å². The topological polar surface area (TPSA) is 41.1 Å². The quantitative estimate of drug-likeness (QED) is 0.850. The number of halogens is 2. The molecule has 2 N–H and O–H groups in total. The van der Waals surface area contributed by atoms with Gasteiger partial charge in [0.2, 0.25) is 5.91 Å². The molecule has 2 rings (SSSR count). The van der Waals surface area contributed by atoms with Crippen molar-refractivity contribution in [1.29, 1.82) is 0 Å². The molecule has 2 aromatic rings. The van der Waals surface area contributed by atoms with Gasteiger partial charge in [0.25, 0.3) is 0 Å². The molecule has 1 atom stereocenters. The maximum Gasteiger partial charge on any atom is 0.238 e. The minimum atomic E-state index is -0.624. The van der Waals surface area contributed by atoms with Crippen LogP contribution in [0.3, 0.4) is 0 Å². The van der Waals surface area contributed by atoms with E-state index in [1.807, 2.05) is 24.3 Å². The molecule has 0 aliphatic heterocycles. The standard InChI is InChI=1S/C18H20F2N2O/c1-3-13-4-7-15(8-5-13)22-18(23)11-21-12(2)16-9-6-14(19)10-17(16)20/h4-10,12,21H,3,11H2,1-2H3,(H,22,23)/t12-/m0/s1. The summed E-state index contributed by atoms with van der Waals surface area (Å²) in [7, 11) is 0. The first-order valence-corrected chi connectivity index (χ1v) is 7.56. The van der Waals surface area contributed by atoms with Crippen molar-refractivity contribution in [2.75, 3.05) is 11.9 Å². The van der Waals surface area contributed by atoms with E-state index in [1.54, 1.807) is 6.92 Å². The Balaban J connectivity index is 1.87. The van der Waals surface area contributed by atoms with E-state index in [0.29, 0.717) is 5.56 Å². The molecule has 0 fully saturated rings. The normalized spacial score (nSPS) is 12.0. The molecule has 0 heterocycles. The highest BCUT2D eigenvalue weighted by atomic mass is 19.1. The predicted molar refractivity (Wildman–Crippen MR) is 87.2 cm³/mol. The molecule has 0 aliphatic carbocycles. The zero-order chi connectivity index (χ0) is 16.8. The van der Waals surface area contributed by atoms with Crippen LogP contribution < -0.4 is 10.6 Å². The van der Waals surface area contributed by atoms with Gasteiger partial charge in [0, 0.05) is 23.4 Å². The van der Waals surface area contributed by atoms with Gasteiger partial charge in [-0.1, -0.05) is 25.1 Å². The van der Waals surface area contributed by atoms with Gasteiger partial charge in [0.15, 0.2) is 0 Å². The monoisotopic (exact) mass is 318 g/mol. The largest absolute Gasteiger partial charge is 0.325 e. The minimum absolute atomic E-state index is 0.0352. The summed E-state index contributed by atoms with van der Waals surface area (Å²) in [6.07, 6.45) is 0.941. The minimum Gasteiger partial charge on any atom is -0.325 e. The molecule has 0 unspecified atom stereocenters. The third-order valence-electron chi connectivity index (χ3n) is 3.64. The van der Waals surface area contributed by atoms with E-state index in [4.69, 9.17) is 0 Å². The van der Waals surface area contributed by atoms with Crippen LogP contribution in [0, 0.1) is 11.6 Å². The van der Waals surface area contributed by atoms with Crippen LogP contribution in [0.1, 0.15) is 31.0 Å². The van der Waals surface area contributed by atoms with E-state index >= 15 is 0 Å². The zero-order valence-electron chi connectivity index (χ0n) is 13.2. The summed E-state index contributed by atoms with van der Waals surface area (Å²) in [6, 6.07) is 10.6. The molecular formula is C18H20F2N2O. The van der Waals surface area contributed by atoms with Crippen molar-refractivity contribution >= 4 is 11.6 Å². The van der Waals surface area contributed by atoms with Crippen LogP contribution in [0.15, 0.2) is 42.5 Å². The maximum absolute atomic E-state index is 13.7. The highest BCUT2D eigenvalue weighted by Crippen LogP contribution is 2.17. The van der Waals surface area contributed by atoms with Crippen LogP contribution in [0.5, 0.6) is 0 Å². The van der Waals surface area contributed by atoms with Crippen molar-refractivity contribution in [3.63, 3.8) is 0 Å². The number of carbonyl (C=O) groups is 1. The van der Waals surface area contributed by atoms with Crippen molar-refractivity contribution in [3.8, 4) is 0 Å². The fourth-order valence-electron chi connectivity index (χ4n) is 2.24. The second-order valence-corrected chi connectivity index (χ2v) is 5.37. The molecule has 1 amide bonds. The summed E-state index contributed by atoms with van der Waals surface area (Å²) >= 11 is 0. The number of carbonyl (C=O) groups excluding carboxylic acids is 1. The summed E-state index contributed by atoms with van der Waals surface area (Å²) in [5, 5.41) is 5.70. The molecule has 0 aromatic heterocycles. The lowest BCUT2D eigenvalue weighted by molar-refractivity contribution is -0.115. The number of benzene rings is 2. The number of rotatable bonds is 6. The van der Waals surface area contributed by atoms with Crippen LogP contribution in [-0.4, -0.2) is 12.5 Å². The van der Waals surface area contributed by atoms with E-state index in [-0.39, 0.29) is 12.5 Å². The van der Waals surface area contributed by atoms with Crippen molar-refractivity contribution in [3.05, 3.63) is 65.2 Å². The molecule has 0 saturated heterocycles. The number of aryl methyl sites for hydroxylation is 1. The Morgan fingerprint density at radius 2 is 1.83 bits per heavy atom. The van der Waals surface area contributed by atoms with Crippen LogP contribution in [0.4, 0.5) is 14.5 Å².